The van der Waals surface area contributed by atoms with Gasteiger partial charge in [0.2, 0.25) is 0 Å². The number of carbonyl (C=O) groups is 2. The fourth-order valence-corrected chi connectivity index (χ4v) is 2.15. The van der Waals surface area contributed by atoms with Crippen molar-refractivity contribution in [1.82, 2.24) is 0 Å². The Bertz CT molecular complexity index is 615. The molecule has 0 fully saturated rings. The molecule has 0 bridgehead atoms. The lowest BCUT2D eigenvalue weighted by Gasteiger charge is -2.10. The number of ether oxygens (including phenoxy) is 1. The number of rotatable bonds is 6. The molecule has 3 nitrogen and oxygen atoms in total. The van der Waals surface area contributed by atoms with Gasteiger partial charge in [-0.25, -0.2) is 0 Å². The van der Waals surface area contributed by atoms with Crippen LogP contribution in [0.1, 0.15) is 34.1 Å². The van der Waals surface area contributed by atoms with Gasteiger partial charge in [-0.1, -0.05) is 37.3 Å². The van der Waals surface area contributed by atoms with Crippen molar-refractivity contribution in [2.24, 2.45) is 5.92 Å². The average molecular weight is 282 g/mol. The molecule has 108 valence electrons. The van der Waals surface area contributed by atoms with Gasteiger partial charge in [-0.3, -0.25) is 9.59 Å². The first-order chi connectivity index (χ1) is 10.1. The zero-order chi connectivity index (χ0) is 15.2. The minimum Gasteiger partial charge on any atom is -0.497 e. The molecule has 0 aliphatic rings. The third kappa shape index (κ3) is 3.78. The Morgan fingerprint density at radius 2 is 1.57 bits per heavy atom. The van der Waals surface area contributed by atoms with Crippen molar-refractivity contribution < 1.29 is 14.3 Å². The molecule has 3 heteroatoms. The highest BCUT2D eigenvalue weighted by Gasteiger charge is 2.19. The predicted octanol–water partition coefficient (Wildman–Crippen LogP) is 3.79. The molecule has 0 N–H and O–H groups in total. The third-order valence-electron chi connectivity index (χ3n) is 3.41. The van der Waals surface area contributed by atoms with Crippen molar-refractivity contribution in [2.45, 2.75) is 13.3 Å². The molecule has 0 saturated heterocycles. The van der Waals surface area contributed by atoms with Crippen LogP contribution < -0.4 is 4.74 Å². The van der Waals surface area contributed by atoms with Gasteiger partial charge in [0.05, 0.1) is 7.11 Å². The quantitative estimate of drug-likeness (QED) is 0.757. The molecule has 2 aromatic rings. The van der Waals surface area contributed by atoms with E-state index in [1.807, 2.05) is 18.2 Å². The summed E-state index contributed by atoms with van der Waals surface area (Å²) in [5.41, 5.74) is 1.25. The summed E-state index contributed by atoms with van der Waals surface area (Å²) in [4.78, 5) is 24.4. The van der Waals surface area contributed by atoms with Crippen LogP contribution in [0, 0.1) is 5.92 Å². The fraction of sp³-hybridized carbons (Fsp3) is 0.222. The third-order valence-corrected chi connectivity index (χ3v) is 3.41. The molecule has 21 heavy (non-hydrogen) atoms. The fourth-order valence-electron chi connectivity index (χ4n) is 2.15. The van der Waals surface area contributed by atoms with Crippen molar-refractivity contribution in [3.63, 3.8) is 0 Å². The molecule has 0 saturated carbocycles. The normalized spacial score (nSPS) is 11.7. The van der Waals surface area contributed by atoms with E-state index in [9.17, 15) is 9.59 Å². The smallest absolute Gasteiger partial charge is 0.166 e. The molecule has 0 aromatic heterocycles. The van der Waals surface area contributed by atoms with Gasteiger partial charge in [0.1, 0.15) is 5.75 Å². The maximum absolute atomic E-state index is 12.2. The largest absolute Gasteiger partial charge is 0.497 e. The molecule has 1 unspecified atom stereocenters. The lowest BCUT2D eigenvalue weighted by atomic mass is 9.92. The molecule has 2 aromatic carbocycles. The molecule has 0 amide bonds. The molecule has 0 radical (unpaired) electrons. The van der Waals surface area contributed by atoms with Crippen molar-refractivity contribution in [3.05, 3.63) is 65.7 Å². The number of hydrogen-bond acceptors (Lipinski definition) is 3. The van der Waals surface area contributed by atoms with Gasteiger partial charge in [0, 0.05) is 23.5 Å². The van der Waals surface area contributed by atoms with Crippen LogP contribution in [-0.4, -0.2) is 18.7 Å². The Balaban J connectivity index is 2.03. The van der Waals surface area contributed by atoms with Gasteiger partial charge in [-0.15, -0.1) is 0 Å². The number of carbonyl (C=O) groups excluding carboxylic acids is 2. The second-order valence-corrected chi connectivity index (χ2v) is 4.99. The summed E-state index contributed by atoms with van der Waals surface area (Å²) in [7, 11) is 1.58. The number of ketones is 2. The minimum atomic E-state index is -0.331. The van der Waals surface area contributed by atoms with E-state index in [2.05, 4.69) is 0 Å². The summed E-state index contributed by atoms with van der Waals surface area (Å²) in [6.45, 7) is 1.79. The maximum Gasteiger partial charge on any atom is 0.166 e. The van der Waals surface area contributed by atoms with Gasteiger partial charge >= 0.3 is 0 Å². The van der Waals surface area contributed by atoms with Gasteiger partial charge in [-0.05, 0) is 24.3 Å². The van der Waals surface area contributed by atoms with Crippen LogP contribution in [0.25, 0.3) is 0 Å². The number of methoxy groups -OCH3 is 1. The van der Waals surface area contributed by atoms with E-state index in [1.54, 1.807) is 50.4 Å². The molecule has 2 rings (SSSR count). The summed E-state index contributed by atoms with van der Waals surface area (Å²) in [5, 5.41) is 0. The SMILES string of the molecule is COc1ccc(C(=O)CC(C)C(=O)c2ccccc2)cc1. The summed E-state index contributed by atoms with van der Waals surface area (Å²) in [6.07, 6.45) is 0.208. The van der Waals surface area contributed by atoms with Gasteiger partial charge in [0.25, 0.3) is 0 Å². The number of Topliss-reactive ketones (excluding diaryl/α,β-unsaturated/α-hetero) is 2. The predicted molar refractivity (Wildman–Crippen MR) is 81.9 cm³/mol. The lowest BCUT2D eigenvalue weighted by Crippen LogP contribution is -2.15. The Morgan fingerprint density at radius 3 is 2.14 bits per heavy atom. The van der Waals surface area contributed by atoms with E-state index < -0.39 is 0 Å². The molecule has 0 aliphatic carbocycles. The number of benzene rings is 2. The van der Waals surface area contributed by atoms with Crippen LogP contribution in [0.2, 0.25) is 0 Å². The lowest BCUT2D eigenvalue weighted by molar-refractivity contribution is 0.0863. The van der Waals surface area contributed by atoms with E-state index in [0.717, 1.165) is 0 Å². The summed E-state index contributed by atoms with van der Waals surface area (Å²) in [5.74, 6) is 0.342. The highest BCUT2D eigenvalue weighted by molar-refractivity contribution is 6.03. The molecular weight excluding hydrogens is 264 g/mol. The summed E-state index contributed by atoms with van der Waals surface area (Å²) in [6, 6.07) is 16.0. The first-order valence-electron chi connectivity index (χ1n) is 6.88. The van der Waals surface area contributed by atoms with E-state index >= 15 is 0 Å². The minimum absolute atomic E-state index is 0.00235. The maximum atomic E-state index is 12.2. The zero-order valence-electron chi connectivity index (χ0n) is 12.2. The van der Waals surface area contributed by atoms with Crippen molar-refractivity contribution in [2.75, 3.05) is 7.11 Å². The molecule has 1 atom stereocenters. The van der Waals surface area contributed by atoms with Crippen molar-refractivity contribution in [1.29, 1.82) is 0 Å². The molecule has 0 heterocycles. The van der Waals surface area contributed by atoms with Crippen molar-refractivity contribution in [3.8, 4) is 5.75 Å². The topological polar surface area (TPSA) is 43.4 Å². The van der Waals surface area contributed by atoms with Crippen LogP contribution in [0.3, 0.4) is 0 Å². The standard InChI is InChI=1S/C18H18O3/c1-13(18(20)15-6-4-3-5-7-15)12-17(19)14-8-10-16(21-2)11-9-14/h3-11,13H,12H2,1-2H3. The first-order valence-corrected chi connectivity index (χ1v) is 6.88. The van der Waals surface area contributed by atoms with Crippen LogP contribution >= 0.6 is 0 Å². The van der Waals surface area contributed by atoms with E-state index in [-0.39, 0.29) is 23.9 Å². The molecule has 0 spiro atoms. The summed E-state index contributed by atoms with van der Waals surface area (Å²) < 4.78 is 5.06. The number of hydrogen-bond donors (Lipinski definition) is 0. The van der Waals surface area contributed by atoms with Gasteiger partial charge in [0.15, 0.2) is 11.6 Å². The first kappa shape index (κ1) is 15.0. The molecular formula is C18H18O3. The van der Waals surface area contributed by atoms with Gasteiger partial charge in [-0.2, -0.15) is 0 Å². The highest BCUT2D eigenvalue weighted by atomic mass is 16.5. The van der Waals surface area contributed by atoms with Crippen LogP contribution in [0.5, 0.6) is 5.75 Å². The van der Waals surface area contributed by atoms with Crippen molar-refractivity contribution >= 4 is 11.6 Å². The summed E-state index contributed by atoms with van der Waals surface area (Å²) >= 11 is 0. The van der Waals surface area contributed by atoms with E-state index in [0.29, 0.717) is 16.9 Å². The van der Waals surface area contributed by atoms with Crippen LogP contribution in [0.15, 0.2) is 54.6 Å². The van der Waals surface area contributed by atoms with Crippen LogP contribution in [0.4, 0.5) is 0 Å². The molecule has 0 aliphatic heterocycles. The highest BCUT2D eigenvalue weighted by Crippen LogP contribution is 2.17. The Morgan fingerprint density at radius 1 is 0.952 bits per heavy atom. The average Bonchev–Trinajstić information content (AvgIpc) is 2.55. The Kier molecular flexibility index (Phi) is 4.88. The van der Waals surface area contributed by atoms with Gasteiger partial charge < -0.3 is 4.74 Å². The second-order valence-electron chi connectivity index (χ2n) is 4.99. The Hall–Kier alpha value is -2.42. The van der Waals surface area contributed by atoms with Crippen LogP contribution in [-0.2, 0) is 0 Å². The second kappa shape index (κ2) is 6.84. The monoisotopic (exact) mass is 282 g/mol. The Labute approximate surface area is 124 Å². The van der Waals surface area contributed by atoms with E-state index in [4.69, 9.17) is 4.74 Å². The zero-order valence-corrected chi connectivity index (χ0v) is 12.2. The van der Waals surface area contributed by atoms with E-state index in [1.165, 1.54) is 0 Å².